The van der Waals surface area contributed by atoms with Gasteiger partial charge in [0.05, 0.1) is 24.6 Å². The number of fused-ring (bicyclic) bond motifs is 3. The Morgan fingerprint density at radius 2 is 1.95 bits per heavy atom. The van der Waals surface area contributed by atoms with Crippen LogP contribution in [0.4, 0.5) is 0 Å². The van der Waals surface area contributed by atoms with Gasteiger partial charge in [-0.25, -0.2) is 9.97 Å². The fourth-order valence-electron chi connectivity index (χ4n) is 6.56. The van der Waals surface area contributed by atoms with Gasteiger partial charge in [0.2, 0.25) is 0 Å². The SMILES string of the molecule is COC(=O)CCc1cccc(-c2nc(C)nc3c2CC[C@H]2[C@H](C)C(=O)C(C#N)C[C@@]32c2ccccc2)c1. The molecule has 2 aliphatic rings. The Hall–Kier alpha value is -3.85. The standard InChI is InChI=1S/C31H31N3O3/c1-19-26-14-13-25-28(22-9-7-8-21(16-22)12-15-27(35)37-3)33-20(2)34-30(25)31(26,17-23(18-32)29(19)36)24-10-5-4-6-11-24/h4-11,16,19,23,26H,12-15,17H2,1-3H3/t19-,23?,26-,31-/m0/s1. The molecule has 0 bridgehead atoms. The van der Waals surface area contributed by atoms with E-state index in [1.54, 1.807) is 0 Å². The van der Waals surface area contributed by atoms with Crippen molar-refractivity contribution < 1.29 is 14.3 Å². The van der Waals surface area contributed by atoms with Gasteiger partial charge in [0.1, 0.15) is 11.7 Å². The van der Waals surface area contributed by atoms with Crippen molar-refractivity contribution in [3.63, 3.8) is 0 Å². The van der Waals surface area contributed by atoms with Crippen molar-refractivity contribution in [3.05, 3.63) is 82.8 Å². The minimum atomic E-state index is -0.669. The molecule has 0 amide bonds. The predicted octanol–water partition coefficient (Wildman–Crippen LogP) is 5.15. The number of methoxy groups -OCH3 is 1. The number of carbonyl (C=O) groups is 2. The van der Waals surface area contributed by atoms with Gasteiger partial charge in [-0.05, 0) is 55.7 Å². The van der Waals surface area contributed by atoms with Crippen LogP contribution in [0.3, 0.4) is 0 Å². The molecule has 188 valence electrons. The highest BCUT2D eigenvalue weighted by Gasteiger charge is 2.56. The van der Waals surface area contributed by atoms with Crippen molar-refractivity contribution in [2.45, 2.75) is 51.4 Å². The number of nitrogens with zero attached hydrogens (tertiary/aromatic N) is 3. The van der Waals surface area contributed by atoms with Crippen LogP contribution in [0.15, 0.2) is 54.6 Å². The summed E-state index contributed by atoms with van der Waals surface area (Å²) in [7, 11) is 1.40. The Bertz CT molecular complexity index is 1390. The smallest absolute Gasteiger partial charge is 0.305 e. The Morgan fingerprint density at radius 1 is 1.16 bits per heavy atom. The van der Waals surface area contributed by atoms with Crippen molar-refractivity contribution in [3.8, 4) is 17.3 Å². The average molecular weight is 494 g/mol. The molecule has 0 N–H and O–H groups in total. The van der Waals surface area contributed by atoms with Gasteiger partial charge < -0.3 is 4.74 Å². The number of hydrogen-bond donors (Lipinski definition) is 0. The fraction of sp³-hybridized carbons (Fsp3) is 0.387. The number of carbonyl (C=O) groups excluding carboxylic acids is 2. The first-order chi connectivity index (χ1) is 17.9. The molecule has 0 radical (unpaired) electrons. The van der Waals surface area contributed by atoms with Crippen LogP contribution in [-0.4, -0.2) is 28.8 Å². The van der Waals surface area contributed by atoms with Crippen LogP contribution >= 0.6 is 0 Å². The van der Waals surface area contributed by atoms with E-state index in [0.29, 0.717) is 25.1 Å². The summed E-state index contributed by atoms with van der Waals surface area (Å²) in [6.45, 7) is 3.89. The second-order valence-electron chi connectivity index (χ2n) is 10.3. The molecule has 5 rings (SSSR count). The van der Waals surface area contributed by atoms with Gasteiger partial charge in [-0.2, -0.15) is 5.26 Å². The summed E-state index contributed by atoms with van der Waals surface area (Å²) >= 11 is 0. The first-order valence-corrected chi connectivity index (χ1v) is 12.9. The van der Waals surface area contributed by atoms with E-state index < -0.39 is 11.3 Å². The molecule has 2 aliphatic carbocycles. The third-order valence-electron chi connectivity index (χ3n) is 8.29. The maximum atomic E-state index is 13.1. The second kappa shape index (κ2) is 9.89. The normalized spacial score (nSPS) is 24.5. The molecule has 1 heterocycles. The summed E-state index contributed by atoms with van der Waals surface area (Å²) in [6, 6.07) is 20.7. The maximum Gasteiger partial charge on any atom is 0.305 e. The minimum Gasteiger partial charge on any atom is -0.469 e. The lowest BCUT2D eigenvalue weighted by atomic mass is 9.50. The topological polar surface area (TPSA) is 92.9 Å². The van der Waals surface area contributed by atoms with Crippen LogP contribution in [-0.2, 0) is 32.6 Å². The molecule has 1 fully saturated rings. The van der Waals surface area contributed by atoms with Crippen LogP contribution in [0.25, 0.3) is 11.3 Å². The number of rotatable bonds is 5. The summed E-state index contributed by atoms with van der Waals surface area (Å²) in [5.41, 5.74) is 5.55. The van der Waals surface area contributed by atoms with E-state index in [1.165, 1.54) is 7.11 Å². The zero-order chi connectivity index (χ0) is 26.2. The third kappa shape index (κ3) is 4.23. The molecular formula is C31H31N3O3. The summed E-state index contributed by atoms with van der Waals surface area (Å²) in [6.07, 6.45) is 2.94. The molecule has 0 spiro atoms. The number of Topliss-reactive ketones (excluding diaryl/α,β-unsaturated/α-hetero) is 1. The van der Waals surface area contributed by atoms with E-state index in [4.69, 9.17) is 14.7 Å². The number of nitriles is 1. The van der Waals surface area contributed by atoms with Gasteiger partial charge in [0.25, 0.3) is 0 Å². The third-order valence-corrected chi connectivity index (χ3v) is 8.29. The van der Waals surface area contributed by atoms with E-state index in [9.17, 15) is 14.9 Å². The van der Waals surface area contributed by atoms with E-state index >= 15 is 0 Å². The summed E-state index contributed by atoms with van der Waals surface area (Å²) < 4.78 is 4.81. The lowest BCUT2D eigenvalue weighted by molar-refractivity contribution is -0.140. The summed E-state index contributed by atoms with van der Waals surface area (Å²) in [5.74, 6) is -0.350. The predicted molar refractivity (Wildman–Crippen MR) is 139 cm³/mol. The first-order valence-electron chi connectivity index (χ1n) is 12.9. The molecule has 4 atom stereocenters. The van der Waals surface area contributed by atoms with Gasteiger partial charge in [0.15, 0.2) is 5.78 Å². The van der Waals surface area contributed by atoms with Gasteiger partial charge in [-0.15, -0.1) is 0 Å². The quantitative estimate of drug-likeness (QED) is 0.456. The van der Waals surface area contributed by atoms with E-state index in [2.05, 4.69) is 30.3 Å². The number of benzene rings is 2. The molecule has 6 heteroatoms. The molecule has 0 saturated heterocycles. The van der Waals surface area contributed by atoms with Crippen LogP contribution in [0, 0.1) is 36.0 Å². The fourth-order valence-corrected chi connectivity index (χ4v) is 6.56. The van der Waals surface area contributed by atoms with Crippen molar-refractivity contribution in [2.75, 3.05) is 7.11 Å². The number of aromatic nitrogens is 2. The van der Waals surface area contributed by atoms with E-state index in [1.807, 2.05) is 44.2 Å². The maximum absolute atomic E-state index is 13.1. The first kappa shape index (κ1) is 24.8. The Balaban J connectivity index is 1.69. The van der Waals surface area contributed by atoms with Crippen LogP contribution < -0.4 is 0 Å². The van der Waals surface area contributed by atoms with Crippen molar-refractivity contribution in [1.82, 2.24) is 9.97 Å². The Kier molecular flexibility index (Phi) is 6.64. The number of esters is 1. The van der Waals surface area contributed by atoms with Gasteiger partial charge in [0, 0.05) is 28.9 Å². The molecule has 37 heavy (non-hydrogen) atoms. The minimum absolute atomic E-state index is 0.0480. The average Bonchev–Trinajstić information content (AvgIpc) is 2.93. The molecule has 1 unspecified atom stereocenters. The Labute approximate surface area is 217 Å². The molecule has 3 aromatic rings. The molecule has 1 aromatic heterocycles. The highest BCUT2D eigenvalue weighted by Crippen LogP contribution is 2.56. The Morgan fingerprint density at radius 3 is 2.68 bits per heavy atom. The molecule has 2 aromatic carbocycles. The van der Waals surface area contributed by atoms with Gasteiger partial charge in [-0.3, -0.25) is 9.59 Å². The summed E-state index contributed by atoms with van der Waals surface area (Å²) in [4.78, 5) is 34.8. The zero-order valence-corrected chi connectivity index (χ0v) is 21.5. The molecule has 1 saturated carbocycles. The van der Waals surface area contributed by atoms with Gasteiger partial charge in [-0.1, -0.05) is 55.5 Å². The monoisotopic (exact) mass is 493 g/mol. The van der Waals surface area contributed by atoms with Crippen LogP contribution in [0.2, 0.25) is 0 Å². The molecular weight excluding hydrogens is 462 g/mol. The lowest BCUT2D eigenvalue weighted by Gasteiger charge is -2.51. The molecule has 0 aliphatic heterocycles. The van der Waals surface area contributed by atoms with Gasteiger partial charge >= 0.3 is 5.97 Å². The number of aryl methyl sites for hydroxylation is 2. The lowest BCUT2D eigenvalue weighted by Crippen LogP contribution is -2.53. The van der Waals surface area contributed by atoms with Crippen molar-refractivity contribution in [1.29, 1.82) is 5.26 Å². The highest BCUT2D eigenvalue weighted by molar-refractivity contribution is 5.87. The number of hydrogen-bond acceptors (Lipinski definition) is 6. The number of ether oxygens (including phenoxy) is 1. The zero-order valence-electron chi connectivity index (χ0n) is 21.5. The number of ketones is 1. The molecule has 6 nitrogen and oxygen atoms in total. The largest absolute Gasteiger partial charge is 0.469 e. The summed E-state index contributed by atoms with van der Waals surface area (Å²) in [5, 5.41) is 9.97. The second-order valence-corrected chi connectivity index (χ2v) is 10.3. The van der Waals surface area contributed by atoms with Crippen molar-refractivity contribution in [2.24, 2.45) is 17.8 Å². The van der Waals surface area contributed by atoms with E-state index in [0.717, 1.165) is 46.5 Å². The van der Waals surface area contributed by atoms with Crippen LogP contribution in [0.5, 0.6) is 0 Å². The van der Waals surface area contributed by atoms with E-state index in [-0.39, 0.29) is 23.6 Å². The van der Waals surface area contributed by atoms with Crippen LogP contribution in [0.1, 0.15) is 54.4 Å². The highest BCUT2D eigenvalue weighted by atomic mass is 16.5. The van der Waals surface area contributed by atoms with Crippen molar-refractivity contribution >= 4 is 11.8 Å².